The Kier molecular flexibility index (Phi) is 4.85. The molecule has 21 heavy (non-hydrogen) atoms. The molecule has 0 heterocycles. The van der Waals surface area contributed by atoms with E-state index in [0.29, 0.717) is 22.8 Å². The number of nitro groups is 1. The molecule has 0 aliphatic carbocycles. The zero-order valence-electron chi connectivity index (χ0n) is 11.6. The van der Waals surface area contributed by atoms with Gasteiger partial charge in [-0.15, -0.1) is 0 Å². The number of aryl methyl sites for hydroxylation is 2. The molecule has 0 bridgehead atoms. The van der Waals surface area contributed by atoms with Crippen molar-refractivity contribution < 1.29 is 4.92 Å². The monoisotopic (exact) mass is 368 g/mol. The van der Waals surface area contributed by atoms with Crippen LogP contribution in [0.2, 0.25) is 5.02 Å². The van der Waals surface area contributed by atoms with Crippen LogP contribution in [0.25, 0.3) is 0 Å². The van der Waals surface area contributed by atoms with Crippen molar-refractivity contribution in [1.82, 2.24) is 0 Å². The lowest BCUT2D eigenvalue weighted by Gasteiger charge is -2.10. The maximum Gasteiger partial charge on any atom is 0.274 e. The van der Waals surface area contributed by atoms with Gasteiger partial charge in [0.1, 0.15) is 0 Å². The van der Waals surface area contributed by atoms with E-state index >= 15 is 0 Å². The van der Waals surface area contributed by atoms with Crippen molar-refractivity contribution in [3.8, 4) is 0 Å². The van der Waals surface area contributed by atoms with Gasteiger partial charge in [0.2, 0.25) is 0 Å². The molecule has 110 valence electrons. The van der Waals surface area contributed by atoms with Crippen LogP contribution in [0.1, 0.15) is 16.7 Å². The summed E-state index contributed by atoms with van der Waals surface area (Å²) in [7, 11) is 0. The lowest BCUT2D eigenvalue weighted by atomic mass is 10.1. The maximum atomic E-state index is 11.0. The van der Waals surface area contributed by atoms with E-state index in [1.54, 1.807) is 13.0 Å². The second-order valence-electron chi connectivity index (χ2n) is 4.81. The molecule has 0 unspecified atom stereocenters. The smallest absolute Gasteiger partial charge is 0.274 e. The average Bonchev–Trinajstić information content (AvgIpc) is 2.41. The van der Waals surface area contributed by atoms with E-state index in [1.165, 1.54) is 6.07 Å². The third-order valence-electron chi connectivity index (χ3n) is 3.20. The van der Waals surface area contributed by atoms with Gasteiger partial charge in [-0.1, -0.05) is 23.7 Å². The lowest BCUT2D eigenvalue weighted by Crippen LogP contribution is -2.02. The zero-order valence-corrected chi connectivity index (χ0v) is 14.0. The fraction of sp³-hybridized carbons (Fsp3) is 0.200. The molecule has 0 atom stereocenters. The summed E-state index contributed by atoms with van der Waals surface area (Å²) in [5.74, 6) is 0. The standard InChI is InChI=1S/C15H14BrClN2O2/c1-9-3-4-11(6-13(9)17)8-18-14-7-15(19(20)21)10(2)5-12(14)16/h3-7,18H,8H2,1-2H3. The molecule has 0 radical (unpaired) electrons. The van der Waals surface area contributed by atoms with Crippen molar-refractivity contribution in [2.24, 2.45) is 0 Å². The number of nitro benzene ring substituents is 1. The molecule has 0 saturated carbocycles. The summed E-state index contributed by atoms with van der Waals surface area (Å²) in [5, 5.41) is 14.9. The fourth-order valence-corrected chi connectivity index (χ4v) is 2.74. The molecule has 0 spiro atoms. The number of hydrogen-bond donors (Lipinski definition) is 1. The molecule has 0 saturated heterocycles. The minimum atomic E-state index is -0.379. The highest BCUT2D eigenvalue weighted by Gasteiger charge is 2.14. The van der Waals surface area contributed by atoms with E-state index in [9.17, 15) is 10.1 Å². The minimum absolute atomic E-state index is 0.0997. The molecule has 0 aliphatic rings. The Morgan fingerprint density at radius 1 is 1.24 bits per heavy atom. The highest BCUT2D eigenvalue weighted by molar-refractivity contribution is 9.10. The van der Waals surface area contributed by atoms with Gasteiger partial charge in [-0.3, -0.25) is 10.1 Å². The normalized spacial score (nSPS) is 10.5. The molecule has 2 aromatic rings. The van der Waals surface area contributed by atoms with Crippen molar-refractivity contribution in [3.05, 3.63) is 66.6 Å². The Hall–Kier alpha value is -1.59. The fourth-order valence-electron chi connectivity index (χ4n) is 1.94. The second kappa shape index (κ2) is 6.45. The van der Waals surface area contributed by atoms with E-state index in [1.807, 2.05) is 25.1 Å². The van der Waals surface area contributed by atoms with Gasteiger partial charge in [0, 0.05) is 27.7 Å². The largest absolute Gasteiger partial charge is 0.380 e. The molecule has 2 aromatic carbocycles. The van der Waals surface area contributed by atoms with Crippen molar-refractivity contribution in [2.75, 3.05) is 5.32 Å². The average molecular weight is 370 g/mol. The first-order valence-corrected chi connectivity index (χ1v) is 7.49. The molecular formula is C15H14BrClN2O2. The summed E-state index contributed by atoms with van der Waals surface area (Å²) in [6.07, 6.45) is 0. The predicted molar refractivity (Wildman–Crippen MR) is 89.0 cm³/mol. The van der Waals surface area contributed by atoms with Gasteiger partial charge in [-0.2, -0.15) is 0 Å². The molecule has 4 nitrogen and oxygen atoms in total. The Bertz CT molecular complexity index is 704. The van der Waals surface area contributed by atoms with E-state index < -0.39 is 0 Å². The highest BCUT2D eigenvalue weighted by atomic mass is 79.9. The third-order valence-corrected chi connectivity index (χ3v) is 4.26. The third kappa shape index (κ3) is 3.74. The van der Waals surface area contributed by atoms with Crippen LogP contribution >= 0.6 is 27.5 Å². The Morgan fingerprint density at radius 3 is 2.57 bits per heavy atom. The second-order valence-corrected chi connectivity index (χ2v) is 6.07. The van der Waals surface area contributed by atoms with E-state index in [4.69, 9.17) is 11.6 Å². The number of rotatable bonds is 4. The Labute approximate surface area is 136 Å². The first kappa shape index (κ1) is 15.8. The molecule has 1 N–H and O–H groups in total. The topological polar surface area (TPSA) is 55.2 Å². The SMILES string of the molecule is Cc1ccc(CNc2cc([N+](=O)[O-])c(C)cc2Br)cc1Cl. The number of hydrogen-bond acceptors (Lipinski definition) is 3. The summed E-state index contributed by atoms with van der Waals surface area (Å²) in [5.41, 5.74) is 3.44. The number of benzene rings is 2. The molecule has 0 aliphatic heterocycles. The highest BCUT2D eigenvalue weighted by Crippen LogP contribution is 2.31. The summed E-state index contributed by atoms with van der Waals surface area (Å²) in [6.45, 7) is 4.20. The number of anilines is 1. The van der Waals surface area contributed by atoms with Crippen LogP contribution in [-0.4, -0.2) is 4.92 Å². The van der Waals surface area contributed by atoms with Crippen molar-refractivity contribution >= 4 is 38.9 Å². The molecule has 0 fully saturated rings. The van der Waals surface area contributed by atoms with Crippen LogP contribution in [-0.2, 0) is 6.54 Å². The van der Waals surface area contributed by atoms with Crippen molar-refractivity contribution in [3.63, 3.8) is 0 Å². The van der Waals surface area contributed by atoms with Crippen LogP contribution < -0.4 is 5.32 Å². The minimum Gasteiger partial charge on any atom is -0.380 e. The quantitative estimate of drug-likeness (QED) is 0.592. The van der Waals surface area contributed by atoms with Gasteiger partial charge < -0.3 is 5.32 Å². The van der Waals surface area contributed by atoms with Crippen LogP contribution in [0.3, 0.4) is 0 Å². The molecule has 0 aromatic heterocycles. The molecule has 0 amide bonds. The van der Waals surface area contributed by atoms with Gasteiger partial charge in [-0.25, -0.2) is 0 Å². The molecule has 6 heteroatoms. The summed E-state index contributed by atoms with van der Waals surface area (Å²) in [6, 6.07) is 9.09. The van der Waals surface area contributed by atoms with Crippen molar-refractivity contribution in [1.29, 1.82) is 0 Å². The van der Waals surface area contributed by atoms with E-state index in [2.05, 4.69) is 21.2 Å². The zero-order chi connectivity index (χ0) is 15.6. The predicted octanol–water partition coefficient (Wildman–Crippen LogP) is 5.24. The number of nitrogens with zero attached hydrogens (tertiary/aromatic N) is 1. The van der Waals surface area contributed by atoms with E-state index in [0.717, 1.165) is 15.6 Å². The van der Waals surface area contributed by atoms with E-state index in [-0.39, 0.29) is 10.6 Å². The summed E-state index contributed by atoms with van der Waals surface area (Å²) < 4.78 is 0.795. The first-order valence-electron chi connectivity index (χ1n) is 6.32. The number of halogens is 2. The van der Waals surface area contributed by atoms with Gasteiger partial charge in [0.05, 0.1) is 10.6 Å². The van der Waals surface area contributed by atoms with Gasteiger partial charge in [-0.05, 0) is 53.0 Å². The van der Waals surface area contributed by atoms with Gasteiger partial charge in [0.25, 0.3) is 5.69 Å². The van der Waals surface area contributed by atoms with Crippen LogP contribution in [0.5, 0.6) is 0 Å². The lowest BCUT2D eigenvalue weighted by molar-refractivity contribution is -0.385. The molecule has 2 rings (SSSR count). The number of nitrogens with one attached hydrogen (secondary N) is 1. The van der Waals surface area contributed by atoms with Gasteiger partial charge in [0.15, 0.2) is 0 Å². The first-order chi connectivity index (χ1) is 9.88. The van der Waals surface area contributed by atoms with Crippen LogP contribution in [0.15, 0.2) is 34.8 Å². The molecular weight excluding hydrogens is 356 g/mol. The van der Waals surface area contributed by atoms with Crippen LogP contribution in [0, 0.1) is 24.0 Å². The Balaban J connectivity index is 2.21. The summed E-state index contributed by atoms with van der Waals surface area (Å²) >= 11 is 9.51. The summed E-state index contributed by atoms with van der Waals surface area (Å²) in [4.78, 5) is 10.6. The van der Waals surface area contributed by atoms with Crippen LogP contribution in [0.4, 0.5) is 11.4 Å². The van der Waals surface area contributed by atoms with Gasteiger partial charge >= 0.3 is 0 Å². The van der Waals surface area contributed by atoms with Crippen molar-refractivity contribution in [2.45, 2.75) is 20.4 Å². The Morgan fingerprint density at radius 2 is 1.95 bits per heavy atom. The maximum absolute atomic E-state index is 11.0.